The zero-order valence-corrected chi connectivity index (χ0v) is 12.9. The number of carbonyl (C=O) groups is 1. The second-order valence-electron chi connectivity index (χ2n) is 3.78. The number of carbonyl (C=O) groups excluding carboxylic acids is 1. The Bertz CT molecular complexity index is 565. The summed E-state index contributed by atoms with van der Waals surface area (Å²) < 4.78 is 0.883. The van der Waals surface area contributed by atoms with E-state index in [9.17, 15) is 4.79 Å². The number of nitrogens with one attached hydrogen (secondary N) is 1. The van der Waals surface area contributed by atoms with E-state index >= 15 is 0 Å². The summed E-state index contributed by atoms with van der Waals surface area (Å²) >= 11 is 4.47. The van der Waals surface area contributed by atoms with Gasteiger partial charge in [-0.05, 0) is 17.0 Å². The van der Waals surface area contributed by atoms with E-state index in [2.05, 4.69) is 15.6 Å². The zero-order valence-electron chi connectivity index (χ0n) is 10.4. The Kier molecular flexibility index (Phi) is 4.75. The summed E-state index contributed by atoms with van der Waals surface area (Å²) in [6.07, 6.45) is 0. The summed E-state index contributed by atoms with van der Waals surface area (Å²) in [6.45, 7) is 0. The van der Waals surface area contributed by atoms with Crippen LogP contribution >= 0.6 is 34.4 Å². The van der Waals surface area contributed by atoms with Gasteiger partial charge in [-0.3, -0.25) is 10.2 Å². The van der Waals surface area contributed by atoms with Crippen LogP contribution in [0.15, 0.2) is 15.8 Å². The maximum absolute atomic E-state index is 11.5. The Labute approximate surface area is 123 Å². The second-order valence-corrected chi connectivity index (χ2v) is 6.88. The molecular weight excluding hydrogens is 302 g/mol. The molecule has 0 aliphatic rings. The minimum Gasteiger partial charge on any atom is -0.353 e. The molecule has 0 aliphatic carbocycles. The average Bonchev–Trinajstić information content (AvgIpc) is 3.04. The first kappa shape index (κ1) is 14.3. The second kappa shape index (κ2) is 6.33. The number of hydrogen-bond acceptors (Lipinski definition) is 8. The summed E-state index contributed by atoms with van der Waals surface area (Å²) in [5.41, 5.74) is 3.11. The fourth-order valence-electron chi connectivity index (χ4n) is 1.30. The van der Waals surface area contributed by atoms with Crippen LogP contribution in [0.2, 0.25) is 0 Å². The number of hydrazine groups is 1. The van der Waals surface area contributed by atoms with Gasteiger partial charge in [0.25, 0.3) is 5.91 Å². The van der Waals surface area contributed by atoms with Crippen molar-refractivity contribution >= 4 is 45.5 Å². The molecule has 0 aromatic carbocycles. The minimum absolute atomic E-state index is 0.253. The number of anilines is 1. The predicted molar refractivity (Wildman–Crippen MR) is 79.8 cm³/mol. The van der Waals surface area contributed by atoms with E-state index in [1.165, 1.54) is 22.7 Å². The Morgan fingerprint density at radius 3 is 2.95 bits per heavy atom. The van der Waals surface area contributed by atoms with Gasteiger partial charge in [-0.15, -0.1) is 21.5 Å². The van der Waals surface area contributed by atoms with Gasteiger partial charge < -0.3 is 4.90 Å². The number of nitrogens with zero attached hydrogens (tertiary/aromatic N) is 3. The smallest absolute Gasteiger partial charge is 0.275 e. The van der Waals surface area contributed by atoms with Crippen molar-refractivity contribution in [2.75, 3.05) is 19.0 Å². The number of amides is 1. The average molecular weight is 315 g/mol. The lowest BCUT2D eigenvalue weighted by molar-refractivity contribution is 0.0957. The van der Waals surface area contributed by atoms with Crippen LogP contribution in [0.3, 0.4) is 0 Å². The molecule has 0 fully saturated rings. The summed E-state index contributed by atoms with van der Waals surface area (Å²) in [6, 6.07) is 1.93. The topological polar surface area (TPSA) is 84.1 Å². The van der Waals surface area contributed by atoms with Crippen LogP contribution < -0.4 is 16.2 Å². The lowest BCUT2D eigenvalue weighted by atomic mass is 10.3. The molecule has 0 saturated heterocycles. The van der Waals surface area contributed by atoms with Crippen molar-refractivity contribution in [3.8, 4) is 0 Å². The van der Waals surface area contributed by atoms with Crippen molar-refractivity contribution in [1.82, 2.24) is 15.6 Å². The number of thiophene rings is 1. The molecule has 6 nitrogen and oxygen atoms in total. The monoisotopic (exact) mass is 315 g/mol. The molecule has 19 heavy (non-hydrogen) atoms. The standard InChI is InChI=1S/C10H13N5OS3/c1-15(2)9-13-14-10(19-9)18-5-6-3-4-17-7(6)8(16)12-11/h3-4H,5,11H2,1-2H3,(H,12,16). The highest BCUT2D eigenvalue weighted by atomic mass is 32.2. The van der Waals surface area contributed by atoms with E-state index in [-0.39, 0.29) is 5.91 Å². The largest absolute Gasteiger partial charge is 0.353 e. The molecule has 2 aromatic rings. The molecule has 0 bridgehead atoms. The Balaban J connectivity index is 2.02. The maximum Gasteiger partial charge on any atom is 0.275 e. The molecule has 0 spiro atoms. The first-order valence-corrected chi connectivity index (χ1v) is 8.01. The van der Waals surface area contributed by atoms with Gasteiger partial charge in [0.1, 0.15) is 0 Å². The Morgan fingerprint density at radius 2 is 2.32 bits per heavy atom. The third-order valence-electron chi connectivity index (χ3n) is 2.21. The van der Waals surface area contributed by atoms with Crippen LogP contribution in [0.1, 0.15) is 15.2 Å². The first-order chi connectivity index (χ1) is 9.11. The number of nitrogen functional groups attached to an aromatic ring is 1. The highest BCUT2D eigenvalue weighted by Gasteiger charge is 2.13. The molecule has 2 heterocycles. The molecule has 2 rings (SSSR count). The van der Waals surface area contributed by atoms with Crippen molar-refractivity contribution in [2.24, 2.45) is 5.84 Å². The number of nitrogens with two attached hydrogens (primary N) is 1. The normalized spacial score (nSPS) is 10.5. The third kappa shape index (κ3) is 3.44. The first-order valence-electron chi connectivity index (χ1n) is 5.32. The van der Waals surface area contributed by atoms with Crippen molar-refractivity contribution < 1.29 is 4.79 Å². The Morgan fingerprint density at radius 1 is 1.53 bits per heavy atom. The van der Waals surface area contributed by atoms with Gasteiger partial charge in [-0.2, -0.15) is 0 Å². The van der Waals surface area contributed by atoms with E-state index < -0.39 is 0 Å². The van der Waals surface area contributed by atoms with E-state index in [1.807, 2.05) is 30.4 Å². The molecule has 0 saturated carbocycles. The van der Waals surface area contributed by atoms with E-state index in [1.54, 1.807) is 11.8 Å². The number of aromatic nitrogens is 2. The molecule has 1 amide bonds. The highest BCUT2D eigenvalue weighted by Crippen LogP contribution is 2.31. The molecular formula is C10H13N5OS3. The third-order valence-corrected chi connectivity index (χ3v) is 5.44. The summed E-state index contributed by atoms with van der Waals surface area (Å²) in [7, 11) is 3.86. The summed E-state index contributed by atoms with van der Waals surface area (Å²) in [5, 5.41) is 10.9. The van der Waals surface area contributed by atoms with Crippen LogP contribution in [-0.4, -0.2) is 30.2 Å². The van der Waals surface area contributed by atoms with Crippen LogP contribution in [-0.2, 0) is 5.75 Å². The molecule has 9 heteroatoms. The molecule has 0 aliphatic heterocycles. The molecule has 0 atom stereocenters. The summed E-state index contributed by atoms with van der Waals surface area (Å²) in [5.74, 6) is 5.57. The SMILES string of the molecule is CN(C)c1nnc(SCc2ccsc2C(=O)NN)s1. The van der Waals surface area contributed by atoms with Crippen molar-refractivity contribution in [3.63, 3.8) is 0 Å². The van der Waals surface area contributed by atoms with Crippen LogP contribution in [0.5, 0.6) is 0 Å². The lowest BCUT2D eigenvalue weighted by Crippen LogP contribution is -2.29. The maximum atomic E-state index is 11.5. The van der Waals surface area contributed by atoms with Gasteiger partial charge in [0.05, 0.1) is 4.88 Å². The fraction of sp³-hybridized carbons (Fsp3) is 0.300. The molecule has 0 unspecified atom stereocenters. The lowest BCUT2D eigenvalue weighted by Gasteiger charge is -2.03. The highest BCUT2D eigenvalue weighted by molar-refractivity contribution is 8.00. The quantitative estimate of drug-likeness (QED) is 0.377. The van der Waals surface area contributed by atoms with E-state index in [4.69, 9.17) is 5.84 Å². The Hall–Kier alpha value is -1.16. The van der Waals surface area contributed by atoms with Gasteiger partial charge in [-0.1, -0.05) is 23.1 Å². The van der Waals surface area contributed by atoms with Gasteiger partial charge in [0, 0.05) is 19.8 Å². The van der Waals surface area contributed by atoms with Crippen LogP contribution in [0.25, 0.3) is 0 Å². The van der Waals surface area contributed by atoms with Gasteiger partial charge in [0.2, 0.25) is 5.13 Å². The molecule has 3 N–H and O–H groups in total. The van der Waals surface area contributed by atoms with Gasteiger partial charge >= 0.3 is 0 Å². The zero-order chi connectivity index (χ0) is 13.8. The van der Waals surface area contributed by atoms with E-state index in [0.717, 1.165) is 15.0 Å². The number of thioether (sulfide) groups is 1. The van der Waals surface area contributed by atoms with Crippen molar-refractivity contribution in [1.29, 1.82) is 0 Å². The van der Waals surface area contributed by atoms with E-state index in [0.29, 0.717) is 10.6 Å². The fourth-order valence-corrected chi connectivity index (χ4v) is 3.97. The summed E-state index contributed by atoms with van der Waals surface area (Å²) in [4.78, 5) is 14.1. The number of rotatable bonds is 5. The van der Waals surface area contributed by atoms with Gasteiger partial charge in [0.15, 0.2) is 4.34 Å². The molecule has 0 radical (unpaired) electrons. The van der Waals surface area contributed by atoms with Crippen LogP contribution in [0.4, 0.5) is 5.13 Å². The van der Waals surface area contributed by atoms with Crippen LogP contribution in [0, 0.1) is 0 Å². The van der Waals surface area contributed by atoms with Crippen molar-refractivity contribution in [2.45, 2.75) is 10.1 Å². The minimum atomic E-state index is -0.253. The predicted octanol–water partition coefficient (Wildman–Crippen LogP) is 1.56. The number of hydrogen-bond donors (Lipinski definition) is 2. The van der Waals surface area contributed by atoms with Gasteiger partial charge in [-0.25, -0.2) is 5.84 Å². The molecule has 2 aromatic heterocycles. The molecule has 102 valence electrons. The van der Waals surface area contributed by atoms with Crippen molar-refractivity contribution in [3.05, 3.63) is 21.9 Å².